The molecule has 0 saturated carbocycles. The zero-order chi connectivity index (χ0) is 12.8. The molecule has 94 valence electrons. The SMILES string of the molecule is CC(C)C(C)CNC(=O)Cc1ccc(S)cc1. The summed E-state index contributed by atoms with van der Waals surface area (Å²) in [6.45, 7) is 7.24. The minimum Gasteiger partial charge on any atom is -0.356 e. The largest absolute Gasteiger partial charge is 0.356 e. The van der Waals surface area contributed by atoms with Crippen molar-refractivity contribution < 1.29 is 4.79 Å². The summed E-state index contributed by atoms with van der Waals surface area (Å²) < 4.78 is 0. The number of amides is 1. The Morgan fingerprint density at radius 2 is 1.82 bits per heavy atom. The molecular formula is C14H21NOS. The lowest BCUT2D eigenvalue weighted by atomic mass is 9.98. The second kappa shape index (κ2) is 6.70. The van der Waals surface area contributed by atoms with E-state index in [4.69, 9.17) is 0 Å². The number of nitrogens with one attached hydrogen (secondary N) is 1. The van der Waals surface area contributed by atoms with Crippen molar-refractivity contribution in [3.63, 3.8) is 0 Å². The Morgan fingerprint density at radius 3 is 2.35 bits per heavy atom. The third kappa shape index (κ3) is 5.26. The Morgan fingerprint density at radius 1 is 1.24 bits per heavy atom. The van der Waals surface area contributed by atoms with E-state index in [9.17, 15) is 4.79 Å². The summed E-state index contributed by atoms with van der Waals surface area (Å²) in [6, 6.07) is 7.69. The van der Waals surface area contributed by atoms with Gasteiger partial charge in [0.2, 0.25) is 5.91 Å². The average Bonchev–Trinajstić information content (AvgIpc) is 2.29. The van der Waals surface area contributed by atoms with E-state index in [1.165, 1.54) is 0 Å². The molecule has 0 aromatic heterocycles. The molecule has 0 aliphatic carbocycles. The quantitative estimate of drug-likeness (QED) is 0.774. The average molecular weight is 251 g/mol. The van der Waals surface area contributed by atoms with Crippen molar-refractivity contribution in [1.29, 1.82) is 0 Å². The van der Waals surface area contributed by atoms with Crippen molar-refractivity contribution in [3.05, 3.63) is 29.8 Å². The van der Waals surface area contributed by atoms with Gasteiger partial charge in [0, 0.05) is 11.4 Å². The van der Waals surface area contributed by atoms with Gasteiger partial charge in [-0.2, -0.15) is 0 Å². The van der Waals surface area contributed by atoms with Crippen LogP contribution in [0.5, 0.6) is 0 Å². The van der Waals surface area contributed by atoms with E-state index in [-0.39, 0.29) is 5.91 Å². The van der Waals surface area contributed by atoms with Crippen LogP contribution in [0, 0.1) is 11.8 Å². The minimum absolute atomic E-state index is 0.0874. The molecule has 0 aliphatic rings. The van der Waals surface area contributed by atoms with E-state index in [0.717, 1.165) is 17.0 Å². The molecule has 1 aromatic carbocycles. The van der Waals surface area contributed by atoms with Crippen LogP contribution in [0.4, 0.5) is 0 Å². The Hall–Kier alpha value is -0.960. The predicted molar refractivity (Wildman–Crippen MR) is 74.4 cm³/mol. The van der Waals surface area contributed by atoms with Crippen LogP contribution in [-0.2, 0) is 11.2 Å². The van der Waals surface area contributed by atoms with E-state index in [0.29, 0.717) is 18.3 Å². The maximum absolute atomic E-state index is 11.7. The van der Waals surface area contributed by atoms with Crippen LogP contribution in [0.25, 0.3) is 0 Å². The van der Waals surface area contributed by atoms with Gasteiger partial charge in [-0.05, 0) is 29.5 Å². The molecule has 1 N–H and O–H groups in total. The fraction of sp³-hybridized carbons (Fsp3) is 0.500. The summed E-state index contributed by atoms with van der Waals surface area (Å²) in [6.07, 6.45) is 0.443. The van der Waals surface area contributed by atoms with Gasteiger partial charge in [-0.15, -0.1) is 12.6 Å². The van der Waals surface area contributed by atoms with Crippen molar-refractivity contribution in [2.75, 3.05) is 6.54 Å². The summed E-state index contributed by atoms with van der Waals surface area (Å²) in [4.78, 5) is 12.6. The van der Waals surface area contributed by atoms with E-state index in [2.05, 4.69) is 38.7 Å². The van der Waals surface area contributed by atoms with Gasteiger partial charge in [-0.3, -0.25) is 4.79 Å². The van der Waals surface area contributed by atoms with Gasteiger partial charge in [-0.25, -0.2) is 0 Å². The van der Waals surface area contributed by atoms with E-state index in [1.807, 2.05) is 24.3 Å². The summed E-state index contributed by atoms with van der Waals surface area (Å²) >= 11 is 4.21. The highest BCUT2D eigenvalue weighted by molar-refractivity contribution is 7.80. The first-order chi connectivity index (χ1) is 7.99. The van der Waals surface area contributed by atoms with Crippen LogP contribution >= 0.6 is 12.6 Å². The smallest absolute Gasteiger partial charge is 0.224 e. The lowest BCUT2D eigenvalue weighted by molar-refractivity contribution is -0.120. The van der Waals surface area contributed by atoms with Gasteiger partial charge < -0.3 is 5.32 Å². The third-order valence-corrected chi connectivity index (χ3v) is 3.36. The second-order valence-electron chi connectivity index (χ2n) is 4.87. The molecule has 0 fully saturated rings. The molecule has 0 saturated heterocycles. The van der Waals surface area contributed by atoms with Crippen LogP contribution in [0.2, 0.25) is 0 Å². The molecular weight excluding hydrogens is 230 g/mol. The zero-order valence-corrected chi connectivity index (χ0v) is 11.6. The van der Waals surface area contributed by atoms with Crippen LogP contribution in [-0.4, -0.2) is 12.5 Å². The Kier molecular flexibility index (Phi) is 5.56. The summed E-state index contributed by atoms with van der Waals surface area (Å²) in [5.74, 6) is 1.20. The Labute approximate surface area is 109 Å². The van der Waals surface area contributed by atoms with Crippen molar-refractivity contribution >= 4 is 18.5 Å². The van der Waals surface area contributed by atoms with Crippen LogP contribution < -0.4 is 5.32 Å². The fourth-order valence-electron chi connectivity index (χ4n) is 1.37. The molecule has 0 bridgehead atoms. The van der Waals surface area contributed by atoms with Gasteiger partial charge in [0.25, 0.3) is 0 Å². The number of benzene rings is 1. The number of rotatable bonds is 5. The monoisotopic (exact) mass is 251 g/mol. The lowest BCUT2D eigenvalue weighted by Gasteiger charge is -2.16. The number of carbonyl (C=O) groups is 1. The first kappa shape index (κ1) is 14.1. The standard InChI is InChI=1S/C14H21NOS/c1-10(2)11(3)9-15-14(16)8-12-4-6-13(17)7-5-12/h4-7,10-11,17H,8-9H2,1-3H3,(H,15,16). The molecule has 1 unspecified atom stereocenters. The molecule has 0 radical (unpaired) electrons. The van der Waals surface area contributed by atoms with E-state index >= 15 is 0 Å². The molecule has 1 aromatic rings. The molecule has 2 nitrogen and oxygen atoms in total. The number of carbonyl (C=O) groups excluding carboxylic acids is 1. The Balaban J connectivity index is 2.37. The fourth-order valence-corrected chi connectivity index (χ4v) is 1.52. The highest BCUT2D eigenvalue weighted by Gasteiger charge is 2.09. The van der Waals surface area contributed by atoms with Gasteiger partial charge in [0.15, 0.2) is 0 Å². The minimum atomic E-state index is 0.0874. The maximum Gasteiger partial charge on any atom is 0.224 e. The van der Waals surface area contributed by atoms with Gasteiger partial charge in [0.05, 0.1) is 6.42 Å². The molecule has 3 heteroatoms. The first-order valence-electron chi connectivity index (χ1n) is 6.03. The summed E-state index contributed by atoms with van der Waals surface area (Å²) in [7, 11) is 0. The van der Waals surface area contributed by atoms with Crippen LogP contribution in [0.15, 0.2) is 29.2 Å². The van der Waals surface area contributed by atoms with Crippen molar-refractivity contribution in [3.8, 4) is 0 Å². The maximum atomic E-state index is 11.7. The summed E-state index contributed by atoms with van der Waals surface area (Å²) in [5, 5.41) is 2.97. The normalized spacial score (nSPS) is 12.5. The molecule has 0 heterocycles. The van der Waals surface area contributed by atoms with E-state index in [1.54, 1.807) is 0 Å². The molecule has 1 atom stereocenters. The molecule has 1 rings (SSSR count). The van der Waals surface area contributed by atoms with Crippen molar-refractivity contribution in [2.45, 2.75) is 32.1 Å². The Bertz CT molecular complexity index is 359. The van der Waals surface area contributed by atoms with Crippen molar-refractivity contribution in [1.82, 2.24) is 5.32 Å². The number of thiol groups is 1. The highest BCUT2D eigenvalue weighted by Crippen LogP contribution is 2.09. The predicted octanol–water partition coefficient (Wildman–Crippen LogP) is 2.93. The molecule has 1 amide bonds. The second-order valence-corrected chi connectivity index (χ2v) is 5.38. The van der Waals surface area contributed by atoms with Crippen LogP contribution in [0.1, 0.15) is 26.3 Å². The number of hydrogen-bond donors (Lipinski definition) is 2. The van der Waals surface area contributed by atoms with Gasteiger partial charge in [-0.1, -0.05) is 32.9 Å². The highest BCUT2D eigenvalue weighted by atomic mass is 32.1. The van der Waals surface area contributed by atoms with Crippen LogP contribution in [0.3, 0.4) is 0 Å². The van der Waals surface area contributed by atoms with Gasteiger partial charge in [0.1, 0.15) is 0 Å². The topological polar surface area (TPSA) is 29.1 Å². The summed E-state index contributed by atoms with van der Waals surface area (Å²) in [5.41, 5.74) is 1.03. The van der Waals surface area contributed by atoms with Gasteiger partial charge >= 0.3 is 0 Å². The first-order valence-corrected chi connectivity index (χ1v) is 6.48. The van der Waals surface area contributed by atoms with Crippen molar-refractivity contribution in [2.24, 2.45) is 11.8 Å². The molecule has 0 aliphatic heterocycles. The zero-order valence-electron chi connectivity index (χ0n) is 10.7. The number of hydrogen-bond acceptors (Lipinski definition) is 2. The van der Waals surface area contributed by atoms with E-state index < -0.39 is 0 Å². The third-order valence-electron chi connectivity index (χ3n) is 3.06. The lowest BCUT2D eigenvalue weighted by Crippen LogP contribution is -2.31. The molecule has 0 spiro atoms. The molecule has 17 heavy (non-hydrogen) atoms.